The Labute approximate surface area is 86.1 Å². The molecule has 0 aromatic carbocycles. The van der Waals surface area contributed by atoms with Crippen molar-refractivity contribution in [2.45, 2.75) is 25.4 Å². The van der Waals surface area contributed by atoms with Crippen molar-refractivity contribution in [3.63, 3.8) is 0 Å². The van der Waals surface area contributed by atoms with Crippen LogP contribution < -0.4 is 5.73 Å². The van der Waals surface area contributed by atoms with E-state index in [2.05, 4.69) is 5.10 Å². The molecule has 1 aromatic rings. The minimum absolute atomic E-state index is 0.218. The molecule has 0 fully saturated rings. The van der Waals surface area contributed by atoms with Gasteiger partial charge in [-0.15, -0.1) is 0 Å². The van der Waals surface area contributed by atoms with E-state index >= 15 is 0 Å². The quantitative estimate of drug-likeness (QED) is 0.847. The summed E-state index contributed by atoms with van der Waals surface area (Å²) in [6.07, 6.45) is -2.46. The average Bonchev–Trinajstić information content (AvgIpc) is 2.47. The molecule has 86 valence electrons. The van der Waals surface area contributed by atoms with Crippen LogP contribution in [-0.2, 0) is 13.2 Å². The van der Waals surface area contributed by atoms with Gasteiger partial charge in [-0.25, -0.2) is 0 Å². The van der Waals surface area contributed by atoms with E-state index in [1.807, 2.05) is 0 Å². The molecule has 0 bridgehead atoms. The highest BCUT2D eigenvalue weighted by molar-refractivity contribution is 5.23. The van der Waals surface area contributed by atoms with Crippen LogP contribution in [0.2, 0.25) is 0 Å². The third kappa shape index (κ3) is 2.71. The molecule has 0 amide bonds. The summed E-state index contributed by atoms with van der Waals surface area (Å²) in [4.78, 5) is 0. The van der Waals surface area contributed by atoms with Gasteiger partial charge in [0.15, 0.2) is 5.69 Å². The molecule has 0 saturated heterocycles. The maximum absolute atomic E-state index is 12.6. The number of hydrogen-bond donors (Lipinski definition) is 1. The Balaban J connectivity index is 3.06. The number of nitrogens with zero attached hydrogens (tertiary/aromatic N) is 2. The number of rotatable bonds is 3. The lowest BCUT2D eigenvalue weighted by molar-refractivity contribution is -0.142. The summed E-state index contributed by atoms with van der Waals surface area (Å²) in [5.41, 5.74) is 4.74. The second-order valence-corrected chi connectivity index (χ2v) is 3.58. The first-order valence-electron chi connectivity index (χ1n) is 4.67. The van der Waals surface area contributed by atoms with E-state index in [-0.39, 0.29) is 11.5 Å². The summed E-state index contributed by atoms with van der Waals surface area (Å²) in [5, 5.41) is 3.44. The van der Waals surface area contributed by atoms with Gasteiger partial charge >= 0.3 is 6.18 Å². The highest BCUT2D eigenvalue weighted by atomic mass is 19.4. The molecule has 1 unspecified atom stereocenters. The maximum Gasteiger partial charge on any atom is 0.435 e. The number of nitrogens with two attached hydrogens (primary N) is 1. The first kappa shape index (κ1) is 12.0. The second kappa shape index (κ2) is 4.22. The molecule has 0 aliphatic heterocycles. The van der Waals surface area contributed by atoms with Crippen molar-refractivity contribution < 1.29 is 13.2 Å². The zero-order valence-corrected chi connectivity index (χ0v) is 8.67. The molecule has 3 nitrogen and oxygen atoms in total. The van der Waals surface area contributed by atoms with Gasteiger partial charge in [0.2, 0.25) is 0 Å². The molecule has 15 heavy (non-hydrogen) atoms. The Hall–Kier alpha value is -1.04. The Bertz CT molecular complexity index is 330. The zero-order chi connectivity index (χ0) is 11.6. The fourth-order valence-corrected chi connectivity index (χ4v) is 1.49. The summed E-state index contributed by atoms with van der Waals surface area (Å²) < 4.78 is 38.9. The minimum atomic E-state index is -4.39. The minimum Gasteiger partial charge on any atom is -0.330 e. The smallest absolute Gasteiger partial charge is 0.330 e. The third-order valence-electron chi connectivity index (χ3n) is 2.26. The van der Waals surface area contributed by atoms with Crippen LogP contribution in [0.4, 0.5) is 13.2 Å². The lowest BCUT2D eigenvalue weighted by Gasteiger charge is -2.11. The van der Waals surface area contributed by atoms with Gasteiger partial charge in [-0.3, -0.25) is 4.68 Å². The fourth-order valence-electron chi connectivity index (χ4n) is 1.49. The van der Waals surface area contributed by atoms with Crippen molar-refractivity contribution in [1.29, 1.82) is 0 Å². The molecule has 0 aliphatic rings. The van der Waals surface area contributed by atoms with Crippen LogP contribution in [0.3, 0.4) is 0 Å². The Kier molecular flexibility index (Phi) is 3.38. The first-order valence-corrected chi connectivity index (χ1v) is 4.67. The number of aromatic nitrogens is 2. The maximum atomic E-state index is 12.6. The highest BCUT2D eigenvalue weighted by Crippen LogP contribution is 2.34. The van der Waals surface area contributed by atoms with Crippen molar-refractivity contribution in [3.05, 3.63) is 17.5 Å². The van der Waals surface area contributed by atoms with Crippen LogP contribution in [0, 0.1) is 0 Å². The van der Waals surface area contributed by atoms with E-state index < -0.39 is 11.9 Å². The first-order chi connectivity index (χ1) is 6.86. The summed E-state index contributed by atoms with van der Waals surface area (Å²) in [6, 6.07) is 0. The molecule has 6 heteroatoms. The second-order valence-electron chi connectivity index (χ2n) is 3.58. The zero-order valence-electron chi connectivity index (χ0n) is 8.67. The van der Waals surface area contributed by atoms with Gasteiger partial charge < -0.3 is 5.73 Å². The molecular weight excluding hydrogens is 207 g/mol. The number of halogens is 3. The summed E-state index contributed by atoms with van der Waals surface area (Å²) in [7, 11) is 1.48. The molecule has 0 aliphatic carbocycles. The van der Waals surface area contributed by atoms with E-state index in [1.54, 1.807) is 6.92 Å². The van der Waals surface area contributed by atoms with Gasteiger partial charge in [0.25, 0.3) is 0 Å². The Morgan fingerprint density at radius 3 is 2.60 bits per heavy atom. The third-order valence-corrected chi connectivity index (χ3v) is 2.26. The molecule has 1 atom stereocenters. The van der Waals surface area contributed by atoms with Crippen molar-refractivity contribution in [1.82, 2.24) is 9.78 Å². The van der Waals surface area contributed by atoms with E-state index in [4.69, 9.17) is 5.73 Å². The number of hydrogen-bond acceptors (Lipinski definition) is 2. The predicted molar refractivity (Wildman–Crippen MR) is 50.3 cm³/mol. The molecular formula is C9H14F3N3. The standard InChI is InChI=1S/C9H14F3N3/c1-6(3-4-13)7-5-15(2)14-8(7)9(10,11)12/h5-6H,3-4,13H2,1-2H3. The molecule has 2 N–H and O–H groups in total. The van der Waals surface area contributed by atoms with Gasteiger partial charge in [0.05, 0.1) is 0 Å². The number of aryl methyl sites for hydroxylation is 1. The summed E-state index contributed by atoms with van der Waals surface area (Å²) in [5.74, 6) is -0.222. The predicted octanol–water partition coefficient (Wildman–Crippen LogP) is 1.89. The molecule has 0 spiro atoms. The van der Waals surface area contributed by atoms with E-state index in [9.17, 15) is 13.2 Å². The largest absolute Gasteiger partial charge is 0.435 e. The average molecular weight is 221 g/mol. The van der Waals surface area contributed by atoms with Crippen LogP contribution in [0.5, 0.6) is 0 Å². The van der Waals surface area contributed by atoms with Gasteiger partial charge in [-0.1, -0.05) is 6.92 Å². The molecule has 1 heterocycles. The van der Waals surface area contributed by atoms with Crippen LogP contribution in [-0.4, -0.2) is 16.3 Å². The Morgan fingerprint density at radius 2 is 2.13 bits per heavy atom. The monoisotopic (exact) mass is 221 g/mol. The van der Waals surface area contributed by atoms with Gasteiger partial charge in [0, 0.05) is 18.8 Å². The van der Waals surface area contributed by atoms with Crippen LogP contribution in [0.1, 0.15) is 30.5 Å². The lowest BCUT2D eigenvalue weighted by Crippen LogP contribution is -2.12. The van der Waals surface area contributed by atoms with E-state index in [0.29, 0.717) is 13.0 Å². The van der Waals surface area contributed by atoms with Gasteiger partial charge in [-0.05, 0) is 18.9 Å². The van der Waals surface area contributed by atoms with Crippen LogP contribution in [0.25, 0.3) is 0 Å². The van der Waals surface area contributed by atoms with E-state index in [1.165, 1.54) is 17.9 Å². The van der Waals surface area contributed by atoms with Crippen molar-refractivity contribution in [3.8, 4) is 0 Å². The van der Waals surface area contributed by atoms with E-state index in [0.717, 1.165) is 0 Å². The van der Waals surface area contributed by atoms with Gasteiger partial charge in [0.1, 0.15) is 0 Å². The van der Waals surface area contributed by atoms with Crippen molar-refractivity contribution in [2.75, 3.05) is 6.54 Å². The molecule has 0 saturated carbocycles. The topological polar surface area (TPSA) is 43.8 Å². The van der Waals surface area contributed by atoms with Gasteiger partial charge in [-0.2, -0.15) is 18.3 Å². The van der Waals surface area contributed by atoms with Crippen LogP contribution >= 0.6 is 0 Å². The van der Waals surface area contributed by atoms with Crippen LogP contribution in [0.15, 0.2) is 6.20 Å². The fraction of sp³-hybridized carbons (Fsp3) is 0.667. The molecule has 1 rings (SSSR count). The SMILES string of the molecule is CC(CCN)c1cn(C)nc1C(F)(F)F. The van der Waals surface area contributed by atoms with Crippen molar-refractivity contribution in [2.24, 2.45) is 12.8 Å². The summed E-state index contributed by atoms with van der Waals surface area (Å²) in [6.45, 7) is 2.09. The summed E-state index contributed by atoms with van der Waals surface area (Å²) >= 11 is 0. The lowest BCUT2D eigenvalue weighted by atomic mass is 9.98. The number of alkyl halides is 3. The highest BCUT2D eigenvalue weighted by Gasteiger charge is 2.37. The molecule has 0 radical (unpaired) electrons. The molecule has 1 aromatic heterocycles. The Morgan fingerprint density at radius 1 is 1.53 bits per heavy atom. The normalized spacial score (nSPS) is 14.3. The van der Waals surface area contributed by atoms with Crippen molar-refractivity contribution >= 4 is 0 Å².